The van der Waals surface area contributed by atoms with E-state index in [2.05, 4.69) is 12.1 Å². The Morgan fingerprint density at radius 3 is 2.32 bits per heavy atom. The topological polar surface area (TPSA) is 52.0 Å². The number of rotatable bonds is 3. The minimum absolute atomic E-state index is 0.649. The highest BCUT2D eigenvalue weighted by molar-refractivity contribution is 5.28. The van der Waals surface area contributed by atoms with Gasteiger partial charge in [-0.15, -0.1) is 0 Å². The molecule has 104 valence electrons. The summed E-state index contributed by atoms with van der Waals surface area (Å²) < 4.78 is 5.77. The Labute approximate surface area is 114 Å². The van der Waals surface area contributed by atoms with Gasteiger partial charge in [-0.3, -0.25) is 0 Å². The van der Waals surface area contributed by atoms with Crippen LogP contribution in [0.5, 0.6) is 0 Å². The van der Waals surface area contributed by atoms with Gasteiger partial charge < -0.3 is 10.3 Å². The molecule has 4 bridgehead atoms. The molecule has 0 saturated heterocycles. The number of hydrogen-bond donors (Lipinski definition) is 1. The zero-order chi connectivity index (χ0) is 13.0. The first-order valence-corrected chi connectivity index (χ1v) is 7.91. The quantitative estimate of drug-likeness (QED) is 0.909. The first-order chi connectivity index (χ1) is 9.26. The van der Waals surface area contributed by atoms with E-state index in [-0.39, 0.29) is 0 Å². The van der Waals surface area contributed by atoms with Crippen LogP contribution in [0.1, 0.15) is 55.0 Å². The molecule has 1 heterocycles. The average molecular weight is 260 g/mol. The van der Waals surface area contributed by atoms with E-state index in [0.29, 0.717) is 12.5 Å². The fourth-order valence-electron chi connectivity index (χ4n) is 5.47. The molecule has 4 aliphatic rings. The lowest BCUT2D eigenvalue weighted by atomic mass is 9.51. The second-order valence-electron chi connectivity index (χ2n) is 7.11. The van der Waals surface area contributed by atoms with Gasteiger partial charge in [0.1, 0.15) is 5.76 Å². The van der Waals surface area contributed by atoms with Gasteiger partial charge in [-0.25, -0.2) is 0 Å². The molecule has 19 heavy (non-hydrogen) atoms. The van der Waals surface area contributed by atoms with E-state index in [1.165, 1.54) is 43.4 Å². The van der Waals surface area contributed by atoms with E-state index in [1.807, 2.05) is 0 Å². The van der Waals surface area contributed by atoms with Crippen molar-refractivity contribution in [2.75, 3.05) is 6.54 Å². The minimum Gasteiger partial charge on any atom is -0.361 e. The van der Waals surface area contributed by atoms with Gasteiger partial charge in [0.05, 0.1) is 5.69 Å². The third-order valence-electron chi connectivity index (χ3n) is 5.94. The van der Waals surface area contributed by atoms with Crippen molar-refractivity contribution in [2.24, 2.45) is 29.4 Å². The normalized spacial score (nSPS) is 40.0. The smallest absolute Gasteiger partial charge is 0.143 e. The van der Waals surface area contributed by atoms with Gasteiger partial charge in [-0.2, -0.15) is 0 Å². The summed E-state index contributed by atoms with van der Waals surface area (Å²) in [6, 6.07) is 0. The number of aryl methyl sites for hydroxylation is 1. The highest BCUT2D eigenvalue weighted by Gasteiger charge is 2.50. The van der Waals surface area contributed by atoms with E-state index in [9.17, 15) is 0 Å². The molecule has 0 unspecified atom stereocenters. The molecule has 2 N–H and O–H groups in total. The van der Waals surface area contributed by atoms with Gasteiger partial charge in [-0.1, -0.05) is 5.16 Å². The molecule has 0 aromatic carbocycles. The van der Waals surface area contributed by atoms with Crippen LogP contribution in [0, 0.1) is 30.6 Å². The number of hydrogen-bond acceptors (Lipinski definition) is 3. The monoisotopic (exact) mass is 260 g/mol. The third kappa shape index (κ3) is 1.78. The van der Waals surface area contributed by atoms with E-state index >= 15 is 0 Å². The number of nitrogens with two attached hydrogens (primary N) is 1. The summed E-state index contributed by atoms with van der Waals surface area (Å²) >= 11 is 0. The summed E-state index contributed by atoms with van der Waals surface area (Å²) in [6.45, 7) is 2.76. The maximum absolute atomic E-state index is 5.77. The molecular formula is C16H24N2O. The van der Waals surface area contributed by atoms with Crippen LogP contribution in [-0.4, -0.2) is 11.7 Å². The molecule has 4 fully saturated rings. The van der Waals surface area contributed by atoms with Crippen molar-refractivity contribution in [2.45, 2.75) is 51.4 Å². The molecule has 0 spiro atoms. The van der Waals surface area contributed by atoms with Gasteiger partial charge >= 0.3 is 0 Å². The van der Waals surface area contributed by atoms with E-state index < -0.39 is 0 Å². The average Bonchev–Trinajstić information content (AvgIpc) is 2.71. The lowest BCUT2D eigenvalue weighted by Crippen LogP contribution is -2.43. The van der Waals surface area contributed by atoms with Crippen LogP contribution >= 0.6 is 0 Å². The highest BCUT2D eigenvalue weighted by atomic mass is 16.5. The second-order valence-corrected chi connectivity index (χ2v) is 7.11. The maximum Gasteiger partial charge on any atom is 0.143 e. The fourth-order valence-corrected chi connectivity index (χ4v) is 5.47. The summed E-state index contributed by atoms with van der Waals surface area (Å²) in [4.78, 5) is 0. The van der Waals surface area contributed by atoms with Crippen molar-refractivity contribution in [3.63, 3.8) is 0 Å². The van der Waals surface area contributed by atoms with E-state index in [4.69, 9.17) is 10.3 Å². The van der Waals surface area contributed by atoms with Crippen LogP contribution < -0.4 is 5.73 Å². The second kappa shape index (κ2) is 4.34. The Morgan fingerprint density at radius 1 is 1.11 bits per heavy atom. The lowest BCUT2D eigenvalue weighted by molar-refractivity contribution is -0.0117. The molecular weight excluding hydrogens is 236 g/mol. The van der Waals surface area contributed by atoms with Gasteiger partial charge in [-0.05, 0) is 75.7 Å². The molecule has 1 aromatic heterocycles. The van der Waals surface area contributed by atoms with Crippen LogP contribution in [0.3, 0.4) is 0 Å². The molecule has 0 amide bonds. The Balaban J connectivity index is 1.69. The van der Waals surface area contributed by atoms with Gasteiger partial charge in [0.15, 0.2) is 0 Å². The molecule has 0 aliphatic heterocycles. The Hall–Kier alpha value is -0.830. The molecule has 0 radical (unpaired) electrons. The molecule has 4 aliphatic carbocycles. The number of nitrogens with zero attached hydrogens (tertiary/aromatic N) is 1. The molecule has 3 nitrogen and oxygen atoms in total. The SMILES string of the molecule is Cc1noc(C2C3CC4CC(C3)CC2C4)c1CCN. The Kier molecular flexibility index (Phi) is 2.73. The van der Waals surface area contributed by atoms with Crippen molar-refractivity contribution in [1.82, 2.24) is 5.16 Å². The third-order valence-corrected chi connectivity index (χ3v) is 5.94. The zero-order valence-corrected chi connectivity index (χ0v) is 11.8. The van der Waals surface area contributed by atoms with Gasteiger partial charge in [0.25, 0.3) is 0 Å². The van der Waals surface area contributed by atoms with Crippen LogP contribution in [0.15, 0.2) is 4.52 Å². The van der Waals surface area contributed by atoms with Crippen molar-refractivity contribution >= 4 is 0 Å². The van der Waals surface area contributed by atoms with Crippen molar-refractivity contribution < 1.29 is 4.52 Å². The largest absolute Gasteiger partial charge is 0.361 e. The van der Waals surface area contributed by atoms with Crippen LogP contribution in [0.25, 0.3) is 0 Å². The highest BCUT2D eigenvalue weighted by Crippen LogP contribution is 2.60. The summed E-state index contributed by atoms with van der Waals surface area (Å²) in [5.41, 5.74) is 8.15. The number of aromatic nitrogens is 1. The Morgan fingerprint density at radius 2 is 1.74 bits per heavy atom. The predicted octanol–water partition coefficient (Wildman–Crippen LogP) is 3.02. The first kappa shape index (κ1) is 12.0. The predicted molar refractivity (Wildman–Crippen MR) is 73.8 cm³/mol. The summed E-state index contributed by atoms with van der Waals surface area (Å²) in [6.07, 6.45) is 8.15. The molecule has 0 atom stereocenters. The van der Waals surface area contributed by atoms with Crippen molar-refractivity contribution in [1.29, 1.82) is 0 Å². The van der Waals surface area contributed by atoms with Crippen molar-refractivity contribution in [3.8, 4) is 0 Å². The summed E-state index contributed by atoms with van der Waals surface area (Å²) in [5.74, 6) is 5.61. The fraction of sp³-hybridized carbons (Fsp3) is 0.812. The molecule has 5 rings (SSSR count). The van der Waals surface area contributed by atoms with Gasteiger partial charge in [0.2, 0.25) is 0 Å². The van der Waals surface area contributed by atoms with Crippen LogP contribution in [0.4, 0.5) is 0 Å². The van der Waals surface area contributed by atoms with Crippen molar-refractivity contribution in [3.05, 3.63) is 17.0 Å². The van der Waals surface area contributed by atoms with Crippen LogP contribution in [0.2, 0.25) is 0 Å². The first-order valence-electron chi connectivity index (χ1n) is 7.91. The molecule has 4 saturated carbocycles. The standard InChI is InChI=1S/C16H24N2O/c1-9-14(2-3-17)16(19-18-9)15-12-5-10-4-11(7-12)8-13(15)6-10/h10-13,15H,2-8,17H2,1H3. The lowest BCUT2D eigenvalue weighted by Gasteiger charge is -2.53. The Bertz CT molecular complexity index is 451. The van der Waals surface area contributed by atoms with E-state index in [1.54, 1.807) is 0 Å². The van der Waals surface area contributed by atoms with Crippen LogP contribution in [-0.2, 0) is 6.42 Å². The maximum atomic E-state index is 5.77. The zero-order valence-electron chi connectivity index (χ0n) is 11.8. The van der Waals surface area contributed by atoms with Gasteiger partial charge in [0, 0.05) is 11.5 Å². The summed E-state index contributed by atoms with van der Waals surface area (Å²) in [5, 5.41) is 4.24. The minimum atomic E-state index is 0.649. The van der Waals surface area contributed by atoms with E-state index in [0.717, 1.165) is 35.8 Å². The summed E-state index contributed by atoms with van der Waals surface area (Å²) in [7, 11) is 0. The molecule has 1 aromatic rings. The molecule has 3 heteroatoms.